The van der Waals surface area contributed by atoms with Crippen molar-refractivity contribution in [2.45, 2.75) is 38.1 Å². The van der Waals surface area contributed by atoms with Gasteiger partial charge in [-0.15, -0.1) is 0 Å². The number of sulfonamides is 1. The molecule has 1 N–H and O–H groups in total. The van der Waals surface area contributed by atoms with Crippen LogP contribution in [-0.4, -0.2) is 56.1 Å². The summed E-state index contributed by atoms with van der Waals surface area (Å²) < 4.78 is 25.0. The van der Waals surface area contributed by atoms with Crippen molar-refractivity contribution in [3.05, 3.63) is 28.3 Å². The smallest absolute Gasteiger partial charge is 0.292 e. The molecule has 5 aliphatic rings. The van der Waals surface area contributed by atoms with Crippen molar-refractivity contribution in [1.82, 2.24) is 4.31 Å². The second kappa shape index (κ2) is 7.37. The van der Waals surface area contributed by atoms with Crippen molar-refractivity contribution in [1.29, 1.82) is 0 Å². The van der Waals surface area contributed by atoms with Crippen molar-refractivity contribution in [3.8, 4) is 0 Å². The van der Waals surface area contributed by atoms with Crippen molar-refractivity contribution in [2.75, 3.05) is 42.7 Å². The summed E-state index contributed by atoms with van der Waals surface area (Å²) in [6.45, 7) is 2.05. The van der Waals surface area contributed by atoms with Crippen LogP contribution in [0.4, 0.5) is 17.1 Å². The van der Waals surface area contributed by atoms with Crippen LogP contribution in [0.3, 0.4) is 0 Å². The Hall–Kier alpha value is -1.87. The Bertz CT molecular complexity index is 914. The van der Waals surface area contributed by atoms with Crippen LogP contribution in [0.15, 0.2) is 18.2 Å². The van der Waals surface area contributed by atoms with E-state index in [0.717, 1.165) is 17.5 Å². The number of nitrogens with one attached hydrogen (secondary N) is 1. The molecule has 0 atom stereocenters. The number of benzene rings is 1. The van der Waals surface area contributed by atoms with Crippen molar-refractivity contribution < 1.29 is 13.3 Å². The lowest BCUT2D eigenvalue weighted by Crippen LogP contribution is -2.51. The zero-order valence-electron chi connectivity index (χ0n) is 17.4. The van der Waals surface area contributed by atoms with E-state index in [1.54, 1.807) is 12.1 Å². The van der Waals surface area contributed by atoms with Gasteiger partial charge in [-0.05, 0) is 67.9 Å². The van der Waals surface area contributed by atoms with Gasteiger partial charge in [0.05, 0.1) is 11.2 Å². The molecule has 9 heteroatoms. The van der Waals surface area contributed by atoms with Gasteiger partial charge in [-0.1, -0.05) is 0 Å². The minimum Gasteiger partial charge on any atom is -0.376 e. The van der Waals surface area contributed by atoms with Gasteiger partial charge in [0.25, 0.3) is 5.69 Å². The molecular formula is C21H30N4O4S. The molecule has 5 fully saturated rings. The summed E-state index contributed by atoms with van der Waals surface area (Å²) in [6, 6.07) is 5.61. The SMILES string of the molecule is CS(=O)(=O)N1CCN(c2ccc([N+](=O)[O-])c(NC3C4CC5CC(C4)CC3C5)c2)CC1. The number of hydrogen-bond donors (Lipinski definition) is 1. The van der Waals surface area contributed by atoms with Crippen molar-refractivity contribution in [2.24, 2.45) is 23.7 Å². The van der Waals surface area contributed by atoms with Crippen LogP contribution < -0.4 is 10.2 Å². The molecule has 1 heterocycles. The largest absolute Gasteiger partial charge is 0.376 e. The molecule has 4 saturated carbocycles. The van der Waals surface area contributed by atoms with Crippen LogP contribution in [-0.2, 0) is 10.0 Å². The maximum Gasteiger partial charge on any atom is 0.292 e. The third-order valence-corrected chi connectivity index (χ3v) is 9.10. The van der Waals surface area contributed by atoms with Crippen molar-refractivity contribution in [3.63, 3.8) is 0 Å². The molecule has 0 radical (unpaired) electrons. The van der Waals surface area contributed by atoms with E-state index in [9.17, 15) is 18.5 Å². The average Bonchev–Trinajstić information content (AvgIpc) is 2.69. The molecule has 6 rings (SSSR count). The highest BCUT2D eigenvalue weighted by Crippen LogP contribution is 2.54. The average molecular weight is 435 g/mol. The monoisotopic (exact) mass is 434 g/mol. The first kappa shape index (κ1) is 20.1. The number of rotatable bonds is 5. The first-order chi connectivity index (χ1) is 14.3. The Labute approximate surface area is 177 Å². The molecule has 8 nitrogen and oxygen atoms in total. The van der Waals surface area contributed by atoms with Crippen LogP contribution in [0.5, 0.6) is 0 Å². The highest BCUT2D eigenvalue weighted by Gasteiger charge is 2.48. The second-order valence-corrected chi connectivity index (χ2v) is 11.7. The summed E-state index contributed by atoms with van der Waals surface area (Å²) in [5, 5.41) is 15.3. The molecule has 4 aliphatic carbocycles. The molecule has 4 bridgehead atoms. The van der Waals surface area contributed by atoms with E-state index in [1.165, 1.54) is 42.7 Å². The Kier molecular flexibility index (Phi) is 4.93. The van der Waals surface area contributed by atoms with E-state index in [2.05, 4.69) is 10.2 Å². The molecule has 0 aromatic heterocycles. The third kappa shape index (κ3) is 3.66. The lowest BCUT2D eigenvalue weighted by Gasteiger charge is -2.54. The summed E-state index contributed by atoms with van der Waals surface area (Å²) >= 11 is 0. The van der Waals surface area contributed by atoms with Crippen LogP contribution in [0, 0.1) is 33.8 Å². The normalized spacial score (nSPS) is 33.6. The molecule has 164 valence electrons. The fraction of sp³-hybridized carbons (Fsp3) is 0.714. The Morgan fingerprint density at radius 2 is 1.60 bits per heavy atom. The molecule has 0 spiro atoms. The predicted molar refractivity (Wildman–Crippen MR) is 116 cm³/mol. The lowest BCUT2D eigenvalue weighted by atomic mass is 9.54. The van der Waals surface area contributed by atoms with Crippen LogP contribution in [0.1, 0.15) is 32.1 Å². The topological polar surface area (TPSA) is 95.8 Å². The molecular weight excluding hydrogens is 404 g/mol. The van der Waals surface area contributed by atoms with E-state index in [4.69, 9.17) is 0 Å². The molecule has 1 saturated heterocycles. The Morgan fingerprint density at radius 1 is 1.00 bits per heavy atom. The number of anilines is 2. The molecule has 0 amide bonds. The number of nitro groups is 1. The zero-order valence-corrected chi connectivity index (χ0v) is 18.2. The quantitative estimate of drug-likeness (QED) is 0.565. The van der Waals surface area contributed by atoms with Gasteiger partial charge >= 0.3 is 0 Å². The summed E-state index contributed by atoms with van der Waals surface area (Å²) in [7, 11) is -3.18. The van der Waals surface area contributed by atoms with Gasteiger partial charge in [-0.25, -0.2) is 8.42 Å². The number of nitro benzene ring substituents is 1. The van der Waals surface area contributed by atoms with Gasteiger partial charge in [-0.2, -0.15) is 4.31 Å². The van der Waals surface area contributed by atoms with Crippen LogP contribution in [0.25, 0.3) is 0 Å². The Morgan fingerprint density at radius 3 is 2.13 bits per heavy atom. The van der Waals surface area contributed by atoms with Gasteiger partial charge in [0, 0.05) is 44.0 Å². The molecule has 1 aromatic carbocycles. The minimum absolute atomic E-state index is 0.127. The first-order valence-electron chi connectivity index (χ1n) is 11.0. The first-order valence-corrected chi connectivity index (χ1v) is 12.9. The third-order valence-electron chi connectivity index (χ3n) is 7.80. The predicted octanol–water partition coefficient (Wildman–Crippen LogP) is 2.91. The van der Waals surface area contributed by atoms with Gasteiger partial charge in [0.15, 0.2) is 0 Å². The van der Waals surface area contributed by atoms with Gasteiger partial charge in [0.2, 0.25) is 10.0 Å². The molecule has 30 heavy (non-hydrogen) atoms. The van der Waals surface area contributed by atoms with E-state index in [0.29, 0.717) is 49.7 Å². The van der Waals surface area contributed by atoms with Crippen LogP contribution in [0.2, 0.25) is 0 Å². The Balaban J connectivity index is 1.36. The molecule has 0 unspecified atom stereocenters. The van der Waals surface area contributed by atoms with Gasteiger partial charge in [-0.3, -0.25) is 10.1 Å². The van der Waals surface area contributed by atoms with E-state index < -0.39 is 10.0 Å². The summed E-state index contributed by atoms with van der Waals surface area (Å²) in [5.74, 6) is 2.97. The van der Waals surface area contributed by atoms with E-state index in [1.807, 2.05) is 6.07 Å². The maximum absolute atomic E-state index is 11.8. The number of nitrogens with zero attached hydrogens (tertiary/aromatic N) is 3. The zero-order chi connectivity index (χ0) is 21.0. The standard InChI is InChI=1S/C21H30N4O4S/c1-30(28,29)24-6-4-23(5-7-24)18-2-3-20(25(26)27)19(13-18)22-21-16-9-14-8-15(11-16)12-17(21)10-14/h2-3,13-17,21-22H,4-12H2,1H3. The lowest BCUT2D eigenvalue weighted by molar-refractivity contribution is -0.384. The molecule has 1 aliphatic heterocycles. The summed E-state index contributed by atoms with van der Waals surface area (Å²) in [5.41, 5.74) is 1.66. The fourth-order valence-electron chi connectivity index (χ4n) is 6.61. The number of piperazine rings is 1. The van der Waals surface area contributed by atoms with Gasteiger partial charge < -0.3 is 10.2 Å². The maximum atomic E-state index is 11.8. The van der Waals surface area contributed by atoms with Gasteiger partial charge in [0.1, 0.15) is 5.69 Å². The fourth-order valence-corrected chi connectivity index (χ4v) is 7.44. The van der Waals surface area contributed by atoms with Crippen molar-refractivity contribution >= 4 is 27.1 Å². The minimum atomic E-state index is -3.18. The summed E-state index contributed by atoms with van der Waals surface area (Å²) in [6.07, 6.45) is 7.64. The highest BCUT2D eigenvalue weighted by molar-refractivity contribution is 7.88. The molecule has 1 aromatic rings. The highest BCUT2D eigenvalue weighted by atomic mass is 32.2. The summed E-state index contributed by atoms with van der Waals surface area (Å²) in [4.78, 5) is 13.5. The second-order valence-electron chi connectivity index (χ2n) is 9.71. The van der Waals surface area contributed by atoms with E-state index in [-0.39, 0.29) is 10.6 Å². The van der Waals surface area contributed by atoms with Crippen LogP contribution >= 0.6 is 0 Å². The number of hydrogen-bond acceptors (Lipinski definition) is 6. The van der Waals surface area contributed by atoms with E-state index >= 15 is 0 Å².